The number of halogens is 2. The van der Waals surface area contributed by atoms with Crippen molar-refractivity contribution in [3.8, 4) is 0 Å². The molecule has 28 heavy (non-hydrogen) atoms. The number of nitrogens with one attached hydrogen (secondary N) is 2. The number of aryl methyl sites for hydroxylation is 1. The predicted octanol–water partition coefficient (Wildman–Crippen LogP) is 4.59. The molecular formula is C20H20Cl2N2O4. The van der Waals surface area contributed by atoms with Gasteiger partial charge in [-0.2, -0.15) is 0 Å². The summed E-state index contributed by atoms with van der Waals surface area (Å²) in [4.78, 5) is 35.3. The van der Waals surface area contributed by atoms with Crippen LogP contribution in [0.2, 0.25) is 10.0 Å². The zero-order valence-corrected chi connectivity index (χ0v) is 16.8. The molecule has 0 saturated carbocycles. The van der Waals surface area contributed by atoms with Gasteiger partial charge in [-0.1, -0.05) is 40.9 Å². The molecule has 0 fully saturated rings. The minimum absolute atomic E-state index is 0.0343. The molecule has 8 heteroatoms. The number of rotatable bonds is 8. The van der Waals surface area contributed by atoms with E-state index in [1.807, 2.05) is 19.1 Å². The van der Waals surface area contributed by atoms with Crippen molar-refractivity contribution >= 4 is 52.4 Å². The zero-order chi connectivity index (χ0) is 20.5. The molecule has 0 heterocycles. The van der Waals surface area contributed by atoms with Gasteiger partial charge in [0, 0.05) is 24.2 Å². The Labute approximate surface area is 173 Å². The van der Waals surface area contributed by atoms with Crippen molar-refractivity contribution in [3.05, 3.63) is 58.1 Å². The number of carbonyl (C=O) groups is 3. The van der Waals surface area contributed by atoms with Crippen LogP contribution >= 0.6 is 23.2 Å². The van der Waals surface area contributed by atoms with E-state index in [4.69, 9.17) is 27.9 Å². The number of esters is 1. The van der Waals surface area contributed by atoms with Crippen LogP contribution in [0.5, 0.6) is 0 Å². The molecule has 0 aliphatic heterocycles. The molecule has 148 valence electrons. The van der Waals surface area contributed by atoms with E-state index in [2.05, 4.69) is 10.6 Å². The van der Waals surface area contributed by atoms with E-state index >= 15 is 0 Å². The van der Waals surface area contributed by atoms with E-state index in [1.165, 1.54) is 0 Å². The molecule has 6 nitrogen and oxygen atoms in total. The lowest BCUT2D eigenvalue weighted by Crippen LogP contribution is -2.21. The fraction of sp³-hybridized carbons (Fsp3) is 0.250. The monoisotopic (exact) mass is 422 g/mol. The Hall–Kier alpha value is -2.57. The molecule has 2 aromatic carbocycles. The van der Waals surface area contributed by atoms with Crippen LogP contribution in [0.4, 0.5) is 11.4 Å². The first-order chi connectivity index (χ1) is 13.3. The van der Waals surface area contributed by atoms with Gasteiger partial charge in [0.1, 0.15) is 0 Å². The first-order valence-corrected chi connectivity index (χ1v) is 9.36. The van der Waals surface area contributed by atoms with Gasteiger partial charge in [-0.15, -0.1) is 0 Å². The van der Waals surface area contributed by atoms with Crippen molar-refractivity contribution in [2.45, 2.75) is 26.2 Å². The Morgan fingerprint density at radius 1 is 0.857 bits per heavy atom. The topological polar surface area (TPSA) is 84.5 Å². The van der Waals surface area contributed by atoms with Gasteiger partial charge in [-0.05, 0) is 43.7 Å². The number of hydrogen-bond donors (Lipinski definition) is 2. The van der Waals surface area contributed by atoms with Crippen molar-refractivity contribution in [1.29, 1.82) is 0 Å². The van der Waals surface area contributed by atoms with Gasteiger partial charge in [0.05, 0.1) is 10.0 Å². The van der Waals surface area contributed by atoms with Gasteiger partial charge in [-0.25, -0.2) is 0 Å². The molecule has 2 aromatic rings. The quantitative estimate of drug-likeness (QED) is 0.609. The normalized spacial score (nSPS) is 10.2. The van der Waals surface area contributed by atoms with Crippen LogP contribution < -0.4 is 10.6 Å². The maximum atomic E-state index is 11.9. The van der Waals surface area contributed by atoms with Gasteiger partial charge in [0.15, 0.2) is 6.61 Å². The molecule has 0 atom stereocenters. The van der Waals surface area contributed by atoms with E-state index in [9.17, 15) is 14.4 Å². The van der Waals surface area contributed by atoms with Crippen LogP contribution in [-0.2, 0) is 19.1 Å². The summed E-state index contributed by atoms with van der Waals surface area (Å²) in [6.07, 6.45) is 0.461. The van der Waals surface area contributed by atoms with Crippen molar-refractivity contribution in [2.75, 3.05) is 17.2 Å². The molecule has 0 aliphatic rings. The number of benzene rings is 2. The lowest BCUT2D eigenvalue weighted by molar-refractivity contribution is -0.147. The van der Waals surface area contributed by atoms with Crippen molar-refractivity contribution in [2.24, 2.45) is 0 Å². The van der Waals surface area contributed by atoms with Crippen LogP contribution in [0.25, 0.3) is 0 Å². The minimum Gasteiger partial charge on any atom is -0.456 e. The van der Waals surface area contributed by atoms with E-state index < -0.39 is 11.9 Å². The number of amides is 2. The average molecular weight is 423 g/mol. The number of anilines is 2. The number of carbonyl (C=O) groups excluding carboxylic acids is 3. The summed E-state index contributed by atoms with van der Waals surface area (Å²) in [7, 11) is 0. The Bertz CT molecular complexity index is 854. The van der Waals surface area contributed by atoms with Crippen LogP contribution in [0.15, 0.2) is 42.5 Å². The highest BCUT2D eigenvalue weighted by molar-refractivity contribution is 6.42. The summed E-state index contributed by atoms with van der Waals surface area (Å²) in [6.45, 7) is 1.57. The van der Waals surface area contributed by atoms with Crippen molar-refractivity contribution in [3.63, 3.8) is 0 Å². The first-order valence-electron chi connectivity index (χ1n) is 8.60. The second kappa shape index (κ2) is 10.7. The fourth-order valence-electron chi connectivity index (χ4n) is 2.24. The molecule has 2 N–H and O–H groups in total. The average Bonchev–Trinajstić information content (AvgIpc) is 2.65. The Morgan fingerprint density at radius 2 is 1.50 bits per heavy atom. The van der Waals surface area contributed by atoms with Gasteiger partial charge in [-0.3, -0.25) is 14.4 Å². The van der Waals surface area contributed by atoms with E-state index in [1.54, 1.807) is 30.3 Å². The largest absolute Gasteiger partial charge is 0.456 e. The minimum atomic E-state index is -0.540. The lowest BCUT2D eigenvalue weighted by Gasteiger charge is -2.08. The van der Waals surface area contributed by atoms with E-state index in [0.717, 1.165) is 5.56 Å². The molecule has 2 rings (SSSR count). The van der Waals surface area contributed by atoms with Crippen LogP contribution in [-0.4, -0.2) is 24.4 Å². The van der Waals surface area contributed by atoms with E-state index in [0.29, 0.717) is 27.8 Å². The maximum absolute atomic E-state index is 11.9. The van der Waals surface area contributed by atoms with Gasteiger partial charge >= 0.3 is 5.97 Å². The lowest BCUT2D eigenvalue weighted by atomic mass is 10.2. The Balaban J connectivity index is 1.63. The standard InChI is InChI=1S/C20H20Cl2N2O4/c1-13-5-7-14(8-6-13)23-19(26)12-28-20(27)4-2-3-18(25)24-15-9-10-16(21)17(22)11-15/h5-11H,2-4,12H2,1H3,(H,23,26)(H,24,25). The summed E-state index contributed by atoms with van der Waals surface area (Å²) >= 11 is 11.7. The zero-order valence-electron chi connectivity index (χ0n) is 15.3. The molecule has 0 bridgehead atoms. The van der Waals surface area contributed by atoms with E-state index in [-0.39, 0.29) is 25.4 Å². The molecule has 0 aromatic heterocycles. The third kappa shape index (κ3) is 7.58. The van der Waals surface area contributed by atoms with Gasteiger partial charge in [0.25, 0.3) is 5.91 Å². The van der Waals surface area contributed by atoms with Gasteiger partial charge < -0.3 is 15.4 Å². The van der Waals surface area contributed by atoms with Crippen LogP contribution in [0.3, 0.4) is 0 Å². The molecule has 2 amide bonds. The molecule has 0 spiro atoms. The molecule has 0 radical (unpaired) electrons. The second-order valence-electron chi connectivity index (χ2n) is 6.11. The molecule has 0 aliphatic carbocycles. The first kappa shape index (κ1) is 21.7. The van der Waals surface area contributed by atoms with Gasteiger partial charge in [0.2, 0.25) is 5.91 Å². The summed E-state index contributed by atoms with van der Waals surface area (Å²) in [5.41, 5.74) is 2.23. The fourth-order valence-corrected chi connectivity index (χ4v) is 2.54. The van der Waals surface area contributed by atoms with Crippen LogP contribution in [0, 0.1) is 6.92 Å². The third-order valence-electron chi connectivity index (χ3n) is 3.69. The van der Waals surface area contributed by atoms with Crippen LogP contribution in [0.1, 0.15) is 24.8 Å². The molecule has 0 saturated heterocycles. The smallest absolute Gasteiger partial charge is 0.306 e. The number of hydrogen-bond acceptors (Lipinski definition) is 4. The summed E-state index contributed by atoms with van der Waals surface area (Å²) in [5.74, 6) is -1.22. The number of ether oxygens (including phenoxy) is 1. The summed E-state index contributed by atoms with van der Waals surface area (Å²) < 4.78 is 4.91. The van der Waals surface area contributed by atoms with Crippen molar-refractivity contribution in [1.82, 2.24) is 0 Å². The highest BCUT2D eigenvalue weighted by Crippen LogP contribution is 2.25. The second-order valence-corrected chi connectivity index (χ2v) is 6.92. The summed E-state index contributed by atoms with van der Waals surface area (Å²) in [5, 5.41) is 6.04. The Kier molecular flexibility index (Phi) is 8.29. The summed E-state index contributed by atoms with van der Waals surface area (Å²) in [6, 6.07) is 12.0. The highest BCUT2D eigenvalue weighted by atomic mass is 35.5. The third-order valence-corrected chi connectivity index (χ3v) is 4.43. The van der Waals surface area contributed by atoms with Crippen molar-refractivity contribution < 1.29 is 19.1 Å². The molecular weight excluding hydrogens is 403 g/mol. The highest BCUT2D eigenvalue weighted by Gasteiger charge is 2.10. The predicted molar refractivity (Wildman–Crippen MR) is 110 cm³/mol. The SMILES string of the molecule is Cc1ccc(NC(=O)COC(=O)CCCC(=O)Nc2ccc(Cl)c(Cl)c2)cc1. The maximum Gasteiger partial charge on any atom is 0.306 e. The molecule has 0 unspecified atom stereocenters. The Morgan fingerprint density at radius 3 is 2.18 bits per heavy atom.